The van der Waals surface area contributed by atoms with Gasteiger partial charge in [-0.2, -0.15) is 5.10 Å². The minimum atomic E-state index is -0.515. The molecule has 1 heterocycles. The summed E-state index contributed by atoms with van der Waals surface area (Å²) >= 11 is 0. The number of Topliss-reactive ketones (excluding diaryl/α,β-unsaturated/α-hetero) is 1. The fourth-order valence-corrected chi connectivity index (χ4v) is 1.31. The number of aliphatic hydroxyl groups excluding tert-OH is 1. The quantitative estimate of drug-likeness (QED) is 0.736. The van der Waals surface area contributed by atoms with E-state index in [4.69, 9.17) is 5.11 Å². The average molecular weight is 202 g/mol. The molecule has 4 nitrogen and oxygen atoms in total. The number of nitrogens with zero attached hydrogens (tertiary/aromatic N) is 1. The maximum absolute atomic E-state index is 11.1. The molecule has 15 heavy (non-hydrogen) atoms. The zero-order valence-corrected chi connectivity index (χ0v) is 7.97. The van der Waals surface area contributed by atoms with Crippen molar-refractivity contribution in [2.75, 3.05) is 6.61 Å². The van der Waals surface area contributed by atoms with Gasteiger partial charge in [0.05, 0.1) is 5.69 Å². The zero-order valence-electron chi connectivity index (χ0n) is 7.97. The summed E-state index contributed by atoms with van der Waals surface area (Å²) in [6, 6.07) is 11.2. The second-order valence-corrected chi connectivity index (χ2v) is 3.11. The van der Waals surface area contributed by atoms with Crippen LogP contribution in [0.5, 0.6) is 0 Å². The highest BCUT2D eigenvalue weighted by Gasteiger charge is 2.09. The molecule has 0 unspecified atom stereocenters. The van der Waals surface area contributed by atoms with Gasteiger partial charge in [0.1, 0.15) is 12.3 Å². The van der Waals surface area contributed by atoms with Crippen molar-refractivity contribution in [2.45, 2.75) is 0 Å². The molecular formula is C11H10N2O2. The maximum atomic E-state index is 11.1. The molecule has 0 amide bonds. The van der Waals surface area contributed by atoms with Gasteiger partial charge >= 0.3 is 0 Å². The molecule has 2 rings (SSSR count). The van der Waals surface area contributed by atoms with Crippen molar-refractivity contribution in [3.8, 4) is 11.3 Å². The molecule has 0 atom stereocenters. The van der Waals surface area contributed by atoms with Crippen molar-refractivity contribution >= 4 is 5.78 Å². The van der Waals surface area contributed by atoms with Gasteiger partial charge in [-0.1, -0.05) is 30.3 Å². The highest BCUT2D eigenvalue weighted by atomic mass is 16.3. The first-order valence-electron chi connectivity index (χ1n) is 4.56. The molecule has 0 spiro atoms. The monoisotopic (exact) mass is 202 g/mol. The van der Waals surface area contributed by atoms with Crippen LogP contribution in [0.3, 0.4) is 0 Å². The minimum absolute atomic E-state index is 0.261. The number of aliphatic hydroxyl groups is 1. The lowest BCUT2D eigenvalue weighted by Crippen LogP contribution is -2.04. The highest BCUT2D eigenvalue weighted by Crippen LogP contribution is 2.16. The predicted octanol–water partition coefficient (Wildman–Crippen LogP) is 1.25. The van der Waals surface area contributed by atoms with Crippen LogP contribution in [-0.2, 0) is 0 Å². The molecule has 0 saturated heterocycles. The summed E-state index contributed by atoms with van der Waals surface area (Å²) in [5, 5.41) is 15.2. The van der Waals surface area contributed by atoms with Gasteiger partial charge in [-0.15, -0.1) is 0 Å². The van der Waals surface area contributed by atoms with Crippen LogP contribution in [0.4, 0.5) is 0 Å². The lowest BCUT2D eigenvalue weighted by atomic mass is 10.1. The van der Waals surface area contributed by atoms with Crippen molar-refractivity contribution in [1.29, 1.82) is 0 Å². The largest absolute Gasteiger partial charge is 0.388 e. The zero-order chi connectivity index (χ0) is 10.7. The lowest BCUT2D eigenvalue weighted by Gasteiger charge is -1.93. The number of carbonyl (C=O) groups excluding carboxylic acids is 1. The fraction of sp³-hybridized carbons (Fsp3) is 0.0909. The number of H-pyrrole nitrogens is 1. The molecule has 1 aromatic carbocycles. The van der Waals surface area contributed by atoms with E-state index in [2.05, 4.69) is 10.2 Å². The number of ketones is 1. The molecule has 0 aliphatic carbocycles. The third-order valence-corrected chi connectivity index (χ3v) is 2.09. The Labute approximate surface area is 86.6 Å². The second-order valence-electron chi connectivity index (χ2n) is 3.11. The minimum Gasteiger partial charge on any atom is -0.388 e. The van der Waals surface area contributed by atoms with Gasteiger partial charge in [0.2, 0.25) is 5.78 Å². The summed E-state index contributed by atoms with van der Waals surface area (Å²) in [7, 11) is 0. The summed E-state index contributed by atoms with van der Waals surface area (Å²) in [5.74, 6) is -0.381. The van der Waals surface area contributed by atoms with E-state index in [0.29, 0.717) is 0 Å². The Bertz CT molecular complexity index is 462. The number of benzene rings is 1. The summed E-state index contributed by atoms with van der Waals surface area (Å²) in [6.07, 6.45) is 0. The Hall–Kier alpha value is -1.94. The van der Waals surface area contributed by atoms with Gasteiger partial charge in [-0.25, -0.2) is 0 Å². The van der Waals surface area contributed by atoms with Gasteiger partial charge < -0.3 is 5.11 Å². The van der Waals surface area contributed by atoms with Crippen LogP contribution < -0.4 is 0 Å². The van der Waals surface area contributed by atoms with E-state index < -0.39 is 6.61 Å². The number of aromatic amines is 1. The van der Waals surface area contributed by atoms with Gasteiger partial charge in [-0.05, 0) is 11.6 Å². The molecule has 4 heteroatoms. The van der Waals surface area contributed by atoms with Crippen LogP contribution >= 0.6 is 0 Å². The number of hydrogen-bond donors (Lipinski definition) is 2. The van der Waals surface area contributed by atoms with E-state index in [-0.39, 0.29) is 11.5 Å². The van der Waals surface area contributed by atoms with Crippen molar-refractivity contribution in [3.05, 3.63) is 42.1 Å². The summed E-state index contributed by atoms with van der Waals surface area (Å²) in [4.78, 5) is 11.1. The van der Waals surface area contributed by atoms with Gasteiger partial charge in [0.25, 0.3) is 0 Å². The Kier molecular flexibility index (Phi) is 2.60. The summed E-state index contributed by atoms with van der Waals surface area (Å²) < 4.78 is 0. The first-order valence-corrected chi connectivity index (χ1v) is 4.56. The van der Waals surface area contributed by atoms with Crippen LogP contribution in [0, 0.1) is 0 Å². The Morgan fingerprint density at radius 2 is 2.07 bits per heavy atom. The van der Waals surface area contributed by atoms with Crippen LogP contribution in [0.15, 0.2) is 36.4 Å². The van der Waals surface area contributed by atoms with Crippen LogP contribution in [0.25, 0.3) is 11.3 Å². The molecular weight excluding hydrogens is 192 g/mol. The van der Waals surface area contributed by atoms with E-state index >= 15 is 0 Å². The van der Waals surface area contributed by atoms with E-state index in [1.54, 1.807) is 6.07 Å². The first-order chi connectivity index (χ1) is 7.31. The average Bonchev–Trinajstić information content (AvgIpc) is 2.78. The van der Waals surface area contributed by atoms with E-state index in [1.165, 1.54) is 0 Å². The number of hydrogen-bond acceptors (Lipinski definition) is 3. The molecule has 0 bridgehead atoms. The normalized spacial score (nSPS) is 10.2. The molecule has 0 fully saturated rings. The first kappa shape index (κ1) is 9.61. The van der Waals surface area contributed by atoms with Crippen LogP contribution in [0.1, 0.15) is 10.5 Å². The van der Waals surface area contributed by atoms with Crippen LogP contribution in [-0.4, -0.2) is 27.7 Å². The van der Waals surface area contributed by atoms with Gasteiger partial charge in [0.15, 0.2) is 0 Å². The standard InChI is InChI=1S/C11H10N2O2/c14-7-11(15)10-6-9(12-13-10)8-4-2-1-3-5-8/h1-6,14H,7H2,(H,12,13). The van der Waals surface area contributed by atoms with E-state index in [0.717, 1.165) is 11.3 Å². The molecule has 2 aromatic rings. The van der Waals surface area contributed by atoms with Gasteiger partial charge in [0, 0.05) is 0 Å². The third-order valence-electron chi connectivity index (χ3n) is 2.09. The number of aromatic nitrogens is 2. The third kappa shape index (κ3) is 1.94. The van der Waals surface area contributed by atoms with Crippen molar-refractivity contribution in [1.82, 2.24) is 10.2 Å². The van der Waals surface area contributed by atoms with Crippen molar-refractivity contribution < 1.29 is 9.90 Å². The molecule has 2 N–H and O–H groups in total. The second kappa shape index (κ2) is 4.06. The van der Waals surface area contributed by atoms with Gasteiger partial charge in [-0.3, -0.25) is 9.89 Å². The topological polar surface area (TPSA) is 66.0 Å². The van der Waals surface area contributed by atoms with Crippen LogP contribution in [0.2, 0.25) is 0 Å². The molecule has 0 saturated carbocycles. The number of carbonyl (C=O) groups is 1. The van der Waals surface area contributed by atoms with Crippen molar-refractivity contribution in [3.63, 3.8) is 0 Å². The smallest absolute Gasteiger partial charge is 0.208 e. The Balaban J connectivity index is 2.32. The maximum Gasteiger partial charge on any atom is 0.208 e. The Morgan fingerprint density at radius 1 is 1.33 bits per heavy atom. The summed E-state index contributed by atoms with van der Waals surface area (Å²) in [5.41, 5.74) is 1.99. The van der Waals surface area contributed by atoms with Crippen molar-refractivity contribution in [2.24, 2.45) is 0 Å². The highest BCUT2D eigenvalue weighted by molar-refractivity contribution is 5.95. The molecule has 0 radical (unpaired) electrons. The van der Waals surface area contributed by atoms with E-state index in [9.17, 15) is 4.79 Å². The molecule has 0 aliphatic heterocycles. The molecule has 76 valence electrons. The summed E-state index contributed by atoms with van der Waals surface area (Å²) in [6.45, 7) is -0.515. The molecule has 0 aliphatic rings. The lowest BCUT2D eigenvalue weighted by molar-refractivity contribution is 0.0898. The predicted molar refractivity (Wildman–Crippen MR) is 55.4 cm³/mol. The van der Waals surface area contributed by atoms with E-state index in [1.807, 2.05) is 30.3 Å². The Morgan fingerprint density at radius 3 is 2.73 bits per heavy atom. The number of nitrogens with one attached hydrogen (secondary N) is 1. The number of rotatable bonds is 3. The SMILES string of the molecule is O=C(CO)c1cc(-c2ccccc2)[nH]n1. The fourth-order valence-electron chi connectivity index (χ4n) is 1.31. The molecule has 1 aromatic heterocycles.